The molecule has 98 valence electrons. The zero-order valence-electron chi connectivity index (χ0n) is 9.83. The molecule has 2 N–H and O–H groups in total. The second kappa shape index (κ2) is 4.13. The van der Waals surface area contributed by atoms with Gasteiger partial charge in [-0.25, -0.2) is 0 Å². The Balaban J connectivity index is 1.95. The van der Waals surface area contributed by atoms with E-state index in [1.807, 2.05) is 24.3 Å². The molecule has 2 aromatic rings. The fourth-order valence-electron chi connectivity index (χ4n) is 2.79. The van der Waals surface area contributed by atoms with Crippen molar-refractivity contribution in [1.82, 2.24) is 4.98 Å². The van der Waals surface area contributed by atoms with Gasteiger partial charge in [-0.15, -0.1) is 11.8 Å². The summed E-state index contributed by atoms with van der Waals surface area (Å²) in [6.45, 7) is 0. The monoisotopic (exact) mass is 293 g/mol. The van der Waals surface area contributed by atoms with Crippen LogP contribution in [0.3, 0.4) is 0 Å². The van der Waals surface area contributed by atoms with Gasteiger partial charge in [0.1, 0.15) is 5.75 Å². The van der Waals surface area contributed by atoms with Crippen molar-refractivity contribution in [2.24, 2.45) is 5.92 Å². The Morgan fingerprint density at radius 3 is 3.11 bits per heavy atom. The third-order valence-electron chi connectivity index (χ3n) is 3.64. The normalized spacial score (nSPS) is 27.9. The van der Waals surface area contributed by atoms with Gasteiger partial charge in [0.05, 0.1) is 5.03 Å². The Morgan fingerprint density at radius 2 is 2.21 bits per heavy atom. The molecule has 0 radical (unpaired) electrons. The molecule has 0 aliphatic carbocycles. The molecule has 0 saturated carbocycles. The first-order valence-electron chi connectivity index (χ1n) is 6.03. The number of ether oxygens (including phenoxy) is 1. The molecule has 0 amide bonds. The summed E-state index contributed by atoms with van der Waals surface area (Å²) < 4.78 is 5.58. The highest BCUT2D eigenvalue weighted by Crippen LogP contribution is 2.51. The van der Waals surface area contributed by atoms with Crippen LogP contribution in [0.25, 0.3) is 0 Å². The van der Waals surface area contributed by atoms with Gasteiger partial charge in [0.25, 0.3) is 0 Å². The van der Waals surface area contributed by atoms with E-state index in [4.69, 9.17) is 4.74 Å². The van der Waals surface area contributed by atoms with Crippen molar-refractivity contribution < 1.29 is 9.84 Å². The molecule has 1 aromatic heterocycles. The summed E-state index contributed by atoms with van der Waals surface area (Å²) >= 11 is 2.83. The second-order valence-electron chi connectivity index (χ2n) is 4.71. The molecule has 1 aromatic carbocycles. The van der Waals surface area contributed by atoms with Gasteiger partial charge in [-0.05, 0) is 6.07 Å². The molecule has 0 spiro atoms. The summed E-state index contributed by atoms with van der Waals surface area (Å²) in [6.07, 6.45) is -0.808. The largest absolute Gasteiger partial charge is 0.464 e. The van der Waals surface area contributed by atoms with Crippen molar-refractivity contribution in [3.63, 3.8) is 0 Å². The van der Waals surface area contributed by atoms with Crippen molar-refractivity contribution in [3.8, 4) is 5.75 Å². The summed E-state index contributed by atoms with van der Waals surface area (Å²) in [5, 5.41) is 11.1. The van der Waals surface area contributed by atoms with Crippen LogP contribution < -0.4 is 9.61 Å². The van der Waals surface area contributed by atoms with Gasteiger partial charge < -0.3 is 14.8 Å². The highest BCUT2D eigenvalue weighted by atomic mass is 32.2. The molecule has 4 rings (SSSR count). The SMILES string of the molecule is O=c1[nH]c2c(s1)[C@@H]1c3ccccc3O[C@H](O)[C@H]1CS2. The van der Waals surface area contributed by atoms with E-state index in [1.54, 1.807) is 11.8 Å². The smallest absolute Gasteiger partial charge is 0.305 e. The molecule has 4 nitrogen and oxygen atoms in total. The highest BCUT2D eigenvalue weighted by molar-refractivity contribution is 7.99. The highest BCUT2D eigenvalue weighted by Gasteiger charge is 2.43. The number of H-pyrrole nitrogens is 1. The average molecular weight is 293 g/mol. The van der Waals surface area contributed by atoms with Gasteiger partial charge in [-0.3, -0.25) is 4.79 Å². The molecule has 2 aliphatic heterocycles. The number of aromatic amines is 1. The summed E-state index contributed by atoms with van der Waals surface area (Å²) in [6, 6.07) is 7.74. The van der Waals surface area contributed by atoms with E-state index in [-0.39, 0.29) is 16.7 Å². The van der Waals surface area contributed by atoms with Gasteiger partial charge in [0.2, 0.25) is 6.29 Å². The predicted octanol–water partition coefficient (Wildman–Crippen LogP) is 2.00. The maximum absolute atomic E-state index is 11.6. The molecule has 0 bridgehead atoms. The number of nitrogens with one attached hydrogen (secondary N) is 1. The number of hydrogen-bond donors (Lipinski definition) is 2. The maximum Gasteiger partial charge on any atom is 0.305 e. The van der Waals surface area contributed by atoms with Crippen molar-refractivity contribution >= 4 is 23.1 Å². The van der Waals surface area contributed by atoms with Gasteiger partial charge in [-0.2, -0.15) is 0 Å². The fourth-order valence-corrected chi connectivity index (χ4v) is 5.23. The number of rotatable bonds is 0. The molecular formula is C13H11NO3S2. The Labute approximate surface area is 117 Å². The Hall–Kier alpha value is -1.24. The first-order chi connectivity index (χ1) is 9.24. The number of aliphatic hydroxyl groups is 1. The van der Waals surface area contributed by atoms with Crippen LogP contribution in [-0.2, 0) is 0 Å². The van der Waals surface area contributed by atoms with Crippen molar-refractivity contribution in [1.29, 1.82) is 0 Å². The third-order valence-corrected chi connectivity index (χ3v) is 5.90. The summed E-state index contributed by atoms with van der Waals surface area (Å²) in [5.74, 6) is 1.52. The molecule has 0 unspecified atom stereocenters. The van der Waals surface area contributed by atoms with Crippen LogP contribution in [-0.4, -0.2) is 22.1 Å². The average Bonchev–Trinajstić information content (AvgIpc) is 2.79. The van der Waals surface area contributed by atoms with Crippen LogP contribution in [0, 0.1) is 5.92 Å². The molecule has 0 saturated heterocycles. The van der Waals surface area contributed by atoms with Crippen molar-refractivity contribution in [2.45, 2.75) is 17.2 Å². The van der Waals surface area contributed by atoms with Crippen LogP contribution in [0.1, 0.15) is 16.4 Å². The predicted molar refractivity (Wildman–Crippen MR) is 74.1 cm³/mol. The number of hydrogen-bond acceptors (Lipinski definition) is 5. The zero-order chi connectivity index (χ0) is 13.0. The van der Waals surface area contributed by atoms with E-state index in [0.717, 1.165) is 27.0 Å². The topological polar surface area (TPSA) is 62.3 Å². The standard InChI is InChI=1S/C13H11NO3S2/c15-12-7-5-18-11-10(19-13(16)14-11)9(7)6-3-1-2-4-8(6)17-12/h1-4,7,9,12,15H,5H2,(H,14,16)/t7-,9+,12-/m0/s1. The minimum atomic E-state index is -0.808. The van der Waals surface area contributed by atoms with E-state index in [1.165, 1.54) is 11.3 Å². The minimum absolute atomic E-state index is 0.00106. The zero-order valence-corrected chi connectivity index (χ0v) is 11.5. The lowest BCUT2D eigenvalue weighted by molar-refractivity contribution is -0.0717. The molecule has 3 atom stereocenters. The molecule has 3 heterocycles. The lowest BCUT2D eigenvalue weighted by Crippen LogP contribution is -2.39. The van der Waals surface area contributed by atoms with Crippen molar-refractivity contribution in [2.75, 3.05) is 5.75 Å². The number of fused-ring (bicyclic) bond motifs is 5. The molecule has 6 heteroatoms. The Kier molecular flexibility index (Phi) is 2.51. The van der Waals surface area contributed by atoms with Gasteiger partial charge >= 0.3 is 4.87 Å². The number of benzene rings is 1. The summed E-state index contributed by atoms with van der Waals surface area (Å²) in [5.41, 5.74) is 1.06. The third kappa shape index (κ3) is 1.67. The van der Waals surface area contributed by atoms with E-state index < -0.39 is 6.29 Å². The maximum atomic E-state index is 11.6. The first kappa shape index (κ1) is 11.6. The Morgan fingerprint density at radius 1 is 1.37 bits per heavy atom. The minimum Gasteiger partial charge on any atom is -0.464 e. The van der Waals surface area contributed by atoms with E-state index in [2.05, 4.69) is 4.98 Å². The number of aromatic nitrogens is 1. The summed E-state index contributed by atoms with van der Waals surface area (Å²) in [7, 11) is 0. The van der Waals surface area contributed by atoms with Crippen LogP contribution >= 0.6 is 23.1 Å². The van der Waals surface area contributed by atoms with Crippen LogP contribution in [0.5, 0.6) is 5.75 Å². The van der Waals surface area contributed by atoms with E-state index in [9.17, 15) is 9.90 Å². The van der Waals surface area contributed by atoms with Gasteiger partial charge in [-0.1, -0.05) is 29.5 Å². The molecular weight excluding hydrogens is 282 g/mol. The molecule has 19 heavy (non-hydrogen) atoms. The quantitative estimate of drug-likeness (QED) is 0.780. The summed E-state index contributed by atoms with van der Waals surface area (Å²) in [4.78, 5) is 15.5. The number of aliphatic hydroxyl groups excluding tert-OH is 1. The number of thioether (sulfide) groups is 1. The molecule has 0 fully saturated rings. The number of para-hydroxylation sites is 1. The Bertz CT molecular complexity index is 693. The van der Waals surface area contributed by atoms with Crippen LogP contribution in [0.4, 0.5) is 0 Å². The fraction of sp³-hybridized carbons (Fsp3) is 0.308. The van der Waals surface area contributed by atoms with Gasteiger partial charge in [0.15, 0.2) is 0 Å². The van der Waals surface area contributed by atoms with Crippen LogP contribution in [0.2, 0.25) is 0 Å². The van der Waals surface area contributed by atoms with E-state index in [0.29, 0.717) is 0 Å². The van der Waals surface area contributed by atoms with Crippen molar-refractivity contribution in [3.05, 3.63) is 44.4 Å². The lowest BCUT2D eigenvalue weighted by atomic mass is 9.83. The molecule has 2 aliphatic rings. The number of thiazole rings is 1. The van der Waals surface area contributed by atoms with E-state index >= 15 is 0 Å². The lowest BCUT2D eigenvalue weighted by Gasteiger charge is -2.38. The van der Waals surface area contributed by atoms with Gasteiger partial charge in [0, 0.05) is 28.0 Å². The van der Waals surface area contributed by atoms with Crippen LogP contribution in [0.15, 0.2) is 34.1 Å². The second-order valence-corrected chi connectivity index (χ2v) is 6.75. The first-order valence-corrected chi connectivity index (χ1v) is 7.83.